The number of benzene rings is 1. The van der Waals surface area contributed by atoms with Crippen LogP contribution in [0.5, 0.6) is 0 Å². The number of aromatic nitrogens is 1. The third-order valence-electron chi connectivity index (χ3n) is 4.57. The third kappa shape index (κ3) is 1.78. The van der Waals surface area contributed by atoms with Gasteiger partial charge in [-0.3, -0.25) is 0 Å². The van der Waals surface area contributed by atoms with Crippen molar-refractivity contribution >= 4 is 33.8 Å². The Kier molecular flexibility index (Phi) is 2.64. The molecule has 0 amide bonds. The zero-order valence-corrected chi connectivity index (χ0v) is 14.0. The molecule has 0 bridgehead atoms. The monoisotopic (exact) mass is 329 g/mol. The van der Waals surface area contributed by atoms with Crippen LogP contribution in [0.2, 0.25) is 0 Å². The zero-order valence-electron chi connectivity index (χ0n) is 12.3. The van der Waals surface area contributed by atoms with Crippen LogP contribution in [0.1, 0.15) is 37.2 Å². The van der Waals surface area contributed by atoms with E-state index in [1.807, 2.05) is 0 Å². The van der Waals surface area contributed by atoms with E-state index >= 15 is 0 Å². The minimum atomic E-state index is 0.407. The van der Waals surface area contributed by atoms with E-state index in [1.165, 1.54) is 38.1 Å². The number of rotatable bonds is 0. The normalized spacial score (nSPS) is 17.6. The summed E-state index contributed by atoms with van der Waals surface area (Å²) in [6.45, 7) is 6.95. The molecule has 0 saturated heterocycles. The van der Waals surface area contributed by atoms with Crippen LogP contribution < -0.4 is 0 Å². The van der Waals surface area contributed by atoms with Crippen molar-refractivity contribution in [2.24, 2.45) is 5.41 Å². The van der Waals surface area contributed by atoms with Crippen LogP contribution in [0.3, 0.4) is 0 Å². The summed E-state index contributed by atoms with van der Waals surface area (Å²) in [7, 11) is 0. The molecule has 102 valence electrons. The van der Waals surface area contributed by atoms with Crippen molar-refractivity contribution in [2.45, 2.75) is 40.0 Å². The molecule has 0 saturated carbocycles. The Bertz CT molecular complexity index is 826. The molecule has 0 unspecified atom stereocenters. The van der Waals surface area contributed by atoms with Crippen molar-refractivity contribution in [1.29, 1.82) is 0 Å². The van der Waals surface area contributed by atoms with Gasteiger partial charge in [0.25, 0.3) is 0 Å². The van der Waals surface area contributed by atoms with Gasteiger partial charge in [-0.2, -0.15) is 0 Å². The summed E-state index contributed by atoms with van der Waals surface area (Å²) in [5.41, 5.74) is 4.60. The van der Waals surface area contributed by atoms with E-state index in [-0.39, 0.29) is 0 Å². The third-order valence-corrected chi connectivity index (χ3v) is 7.26. The van der Waals surface area contributed by atoms with E-state index in [1.54, 1.807) is 10.9 Å². The van der Waals surface area contributed by atoms with Gasteiger partial charge < -0.3 is 0 Å². The first-order chi connectivity index (χ1) is 9.55. The molecular weight excluding hydrogens is 309 g/mol. The van der Waals surface area contributed by atoms with Crippen LogP contribution in [-0.2, 0) is 12.8 Å². The fraction of sp³-hybridized carbons (Fsp3) is 0.389. The average molecular weight is 328 g/mol. The van der Waals surface area contributed by atoms with E-state index in [9.17, 15) is 0 Å². The van der Waals surface area contributed by atoms with Crippen molar-refractivity contribution < 1.29 is 0 Å². The molecule has 0 spiro atoms. The first kappa shape index (κ1) is 12.6. The predicted molar refractivity (Wildman–Crippen MR) is 86.7 cm³/mol. The van der Waals surface area contributed by atoms with Crippen molar-refractivity contribution in [3.05, 3.63) is 41.2 Å². The number of hydrogen-bond donors (Lipinski definition) is 0. The minimum absolute atomic E-state index is 0.407. The quantitative estimate of drug-likeness (QED) is 0.562. The first-order valence-corrected chi connectivity index (χ1v) is 9.06. The van der Waals surface area contributed by atoms with Gasteiger partial charge in [0.05, 0.1) is 0 Å². The van der Waals surface area contributed by atoms with Gasteiger partial charge in [-0.05, 0) is 0 Å². The Morgan fingerprint density at radius 3 is 2.85 bits per heavy atom. The molecule has 2 aromatic heterocycles. The predicted octanol–water partition coefficient (Wildman–Crippen LogP) is 4.27. The van der Waals surface area contributed by atoms with Gasteiger partial charge in [0, 0.05) is 0 Å². The van der Waals surface area contributed by atoms with Crippen LogP contribution in [-0.4, -0.2) is 19.5 Å². The van der Waals surface area contributed by atoms with Crippen LogP contribution in [0, 0.1) is 12.3 Å². The second kappa shape index (κ2) is 4.19. The first-order valence-electron chi connectivity index (χ1n) is 7.35. The molecule has 4 rings (SSSR count). The van der Waals surface area contributed by atoms with Gasteiger partial charge in [-0.15, -0.1) is 0 Å². The fourth-order valence-electron chi connectivity index (χ4n) is 3.49. The second-order valence-electron chi connectivity index (χ2n) is 6.77. The van der Waals surface area contributed by atoms with Gasteiger partial charge >= 0.3 is 125 Å². The molecule has 1 aliphatic carbocycles. The Labute approximate surface area is 125 Å². The van der Waals surface area contributed by atoms with Gasteiger partial charge in [-0.1, -0.05) is 0 Å². The summed E-state index contributed by atoms with van der Waals surface area (Å²) in [6.07, 6.45) is 3.61. The summed E-state index contributed by atoms with van der Waals surface area (Å²) in [5.74, 6) is 0. The van der Waals surface area contributed by atoms with Gasteiger partial charge in [0.1, 0.15) is 0 Å². The molecule has 0 radical (unpaired) electrons. The topological polar surface area (TPSA) is 12.9 Å². The number of hydrogen-bond acceptors (Lipinski definition) is 1. The molecule has 0 fully saturated rings. The molecule has 0 aliphatic heterocycles. The maximum atomic E-state index is 4.98. The molecule has 0 N–H and O–H groups in total. The molecule has 1 nitrogen and oxygen atoms in total. The zero-order chi connectivity index (χ0) is 13.9. The van der Waals surface area contributed by atoms with Crippen molar-refractivity contribution in [3.8, 4) is 0 Å². The molecule has 0 atom stereocenters. The Hall–Kier alpha value is -1.11. The summed E-state index contributed by atoms with van der Waals surface area (Å²) in [6, 6.07) is 8.96. The Morgan fingerprint density at radius 2 is 2.00 bits per heavy atom. The van der Waals surface area contributed by atoms with Gasteiger partial charge in [0.2, 0.25) is 0 Å². The van der Waals surface area contributed by atoms with E-state index in [0.717, 1.165) is 6.42 Å². The molecule has 1 aromatic carbocycles. The SMILES string of the molecule is Cc1nc2c(c3c1[se]c1ccccc13)CCC(C)(C)C2. The molecule has 20 heavy (non-hydrogen) atoms. The van der Waals surface area contributed by atoms with Crippen molar-refractivity contribution in [3.63, 3.8) is 0 Å². The van der Waals surface area contributed by atoms with Crippen LogP contribution in [0.4, 0.5) is 0 Å². The summed E-state index contributed by atoms with van der Waals surface area (Å²) >= 11 is 0.449. The molecule has 2 heterocycles. The number of fused-ring (bicyclic) bond motifs is 5. The number of nitrogens with zero attached hydrogens (tertiary/aromatic N) is 1. The summed E-state index contributed by atoms with van der Waals surface area (Å²) in [4.78, 5) is 4.98. The van der Waals surface area contributed by atoms with E-state index in [0.29, 0.717) is 19.9 Å². The van der Waals surface area contributed by atoms with Crippen LogP contribution in [0.15, 0.2) is 24.3 Å². The van der Waals surface area contributed by atoms with Crippen molar-refractivity contribution in [2.75, 3.05) is 0 Å². The van der Waals surface area contributed by atoms with Gasteiger partial charge in [-0.25, -0.2) is 0 Å². The average Bonchev–Trinajstić information content (AvgIpc) is 2.78. The van der Waals surface area contributed by atoms with E-state index < -0.39 is 0 Å². The standard InChI is InChI=1S/C18H19NSe/c1-11-17-16(13-6-4-5-7-15(13)20-17)12-8-9-18(2,3)10-14(12)19-11/h4-7H,8-10H2,1-3H3. The Balaban J connectivity index is 2.12. The maximum absolute atomic E-state index is 4.98. The Morgan fingerprint density at radius 1 is 1.20 bits per heavy atom. The molecule has 2 heteroatoms. The van der Waals surface area contributed by atoms with Crippen LogP contribution >= 0.6 is 0 Å². The summed E-state index contributed by atoms with van der Waals surface area (Å²) < 4.78 is 3.08. The number of aryl methyl sites for hydroxylation is 2. The van der Waals surface area contributed by atoms with Crippen LogP contribution in [0.25, 0.3) is 19.3 Å². The molecule has 1 aliphatic rings. The fourth-order valence-corrected chi connectivity index (χ4v) is 5.95. The van der Waals surface area contributed by atoms with Crippen molar-refractivity contribution in [1.82, 2.24) is 4.98 Å². The van der Waals surface area contributed by atoms with Gasteiger partial charge in [0.15, 0.2) is 0 Å². The molecular formula is C18H19NSe. The van der Waals surface area contributed by atoms with E-state index in [2.05, 4.69) is 45.0 Å². The molecule has 3 aromatic rings. The second-order valence-corrected chi connectivity index (χ2v) is 8.97. The summed E-state index contributed by atoms with van der Waals surface area (Å²) in [5, 5.41) is 3.04. The number of pyridine rings is 1. The van der Waals surface area contributed by atoms with E-state index in [4.69, 9.17) is 4.98 Å².